The molecule has 0 amide bonds. The minimum atomic E-state index is 0.447. The van der Waals surface area contributed by atoms with Gasteiger partial charge in [-0.1, -0.05) is 0 Å². The highest BCUT2D eigenvalue weighted by Crippen LogP contribution is 2.18. The second-order valence-electron chi connectivity index (χ2n) is 2.47. The highest BCUT2D eigenvalue weighted by Gasteiger charge is 2.20. The van der Waals surface area contributed by atoms with Crippen LogP contribution >= 0.6 is 0 Å². The molecule has 0 spiro atoms. The topological polar surface area (TPSA) is 51.0 Å². The van der Waals surface area contributed by atoms with Crippen molar-refractivity contribution in [2.75, 3.05) is 13.1 Å². The maximum absolute atomic E-state index is 5.06. The van der Waals surface area contributed by atoms with E-state index >= 15 is 0 Å². The van der Waals surface area contributed by atoms with E-state index in [0.717, 1.165) is 25.4 Å². The summed E-state index contributed by atoms with van der Waals surface area (Å²) in [6, 6.07) is 0. The number of aromatic nitrogens is 2. The molecule has 0 unspecified atom stereocenters. The Labute approximate surface area is 58.6 Å². The fourth-order valence-electron chi connectivity index (χ4n) is 1.22. The predicted molar refractivity (Wildman–Crippen MR) is 34.5 cm³/mol. The summed E-state index contributed by atoms with van der Waals surface area (Å²) >= 11 is 0. The van der Waals surface area contributed by atoms with Gasteiger partial charge in [-0.05, 0) is 13.0 Å². The molecular formula is C6H9N3O. The molecule has 54 valence electrons. The van der Waals surface area contributed by atoms with Gasteiger partial charge in [0.05, 0.1) is 5.92 Å². The zero-order valence-corrected chi connectivity index (χ0v) is 5.58. The van der Waals surface area contributed by atoms with Crippen LogP contribution in [0.2, 0.25) is 0 Å². The molecule has 0 aliphatic carbocycles. The van der Waals surface area contributed by atoms with E-state index in [2.05, 4.69) is 15.5 Å². The Morgan fingerprint density at radius 3 is 3.30 bits per heavy atom. The number of nitrogens with one attached hydrogen (secondary N) is 1. The predicted octanol–water partition coefficient (Wildman–Crippen LogP) is 0.146. The first-order chi connectivity index (χ1) is 4.97. The molecule has 1 aromatic rings. The molecule has 4 nitrogen and oxygen atoms in total. The Bertz CT molecular complexity index is 191. The van der Waals surface area contributed by atoms with Gasteiger partial charge in [0.25, 0.3) is 0 Å². The number of rotatable bonds is 1. The minimum Gasteiger partial charge on any atom is -0.428 e. The van der Waals surface area contributed by atoms with Crippen LogP contribution in [0.15, 0.2) is 10.8 Å². The Hall–Kier alpha value is -0.900. The van der Waals surface area contributed by atoms with Gasteiger partial charge in [-0.25, -0.2) is 0 Å². The average molecular weight is 139 g/mol. The third kappa shape index (κ3) is 0.903. The highest BCUT2D eigenvalue weighted by atomic mass is 16.4. The first-order valence-electron chi connectivity index (χ1n) is 3.43. The minimum absolute atomic E-state index is 0.447. The molecule has 1 fully saturated rings. The number of nitrogens with zero attached hydrogens (tertiary/aromatic N) is 2. The Balaban J connectivity index is 2.12. The standard InChI is InChI=1S/C6H9N3O/c1-2-7-3-5(1)6-9-8-4-10-6/h4-5,7H,1-3H2/t5-/m0/s1. The summed E-state index contributed by atoms with van der Waals surface area (Å²) in [5.74, 6) is 1.22. The zero-order valence-electron chi connectivity index (χ0n) is 5.58. The van der Waals surface area contributed by atoms with Crippen molar-refractivity contribution in [3.63, 3.8) is 0 Å². The van der Waals surface area contributed by atoms with E-state index in [-0.39, 0.29) is 0 Å². The van der Waals surface area contributed by atoms with Crippen molar-refractivity contribution in [3.05, 3.63) is 12.3 Å². The third-order valence-corrected chi connectivity index (χ3v) is 1.79. The summed E-state index contributed by atoms with van der Waals surface area (Å²) in [4.78, 5) is 0. The second kappa shape index (κ2) is 2.38. The quantitative estimate of drug-likeness (QED) is 0.601. The molecule has 1 N–H and O–H groups in total. The van der Waals surface area contributed by atoms with E-state index in [4.69, 9.17) is 4.42 Å². The zero-order chi connectivity index (χ0) is 6.81. The van der Waals surface area contributed by atoms with Crippen LogP contribution in [0.3, 0.4) is 0 Å². The smallest absolute Gasteiger partial charge is 0.220 e. The van der Waals surface area contributed by atoms with Crippen molar-refractivity contribution in [2.45, 2.75) is 12.3 Å². The molecule has 2 rings (SSSR count). The summed E-state index contributed by atoms with van der Waals surface area (Å²) < 4.78 is 5.06. The lowest BCUT2D eigenvalue weighted by molar-refractivity contribution is 0.457. The van der Waals surface area contributed by atoms with E-state index in [1.54, 1.807) is 0 Å². The summed E-state index contributed by atoms with van der Waals surface area (Å²) in [5.41, 5.74) is 0. The lowest BCUT2D eigenvalue weighted by Crippen LogP contribution is -2.08. The molecule has 2 heterocycles. The van der Waals surface area contributed by atoms with Crippen LogP contribution < -0.4 is 5.32 Å². The summed E-state index contributed by atoms with van der Waals surface area (Å²) in [7, 11) is 0. The maximum atomic E-state index is 5.06. The van der Waals surface area contributed by atoms with Crippen molar-refractivity contribution in [1.29, 1.82) is 0 Å². The van der Waals surface area contributed by atoms with Crippen LogP contribution in [0.1, 0.15) is 18.2 Å². The van der Waals surface area contributed by atoms with Crippen molar-refractivity contribution < 1.29 is 4.42 Å². The van der Waals surface area contributed by atoms with Crippen LogP contribution in [0, 0.1) is 0 Å². The van der Waals surface area contributed by atoms with Crippen LogP contribution in [0.25, 0.3) is 0 Å². The number of hydrogen-bond donors (Lipinski definition) is 1. The molecule has 1 aromatic heterocycles. The monoisotopic (exact) mass is 139 g/mol. The maximum Gasteiger partial charge on any atom is 0.220 e. The van der Waals surface area contributed by atoms with E-state index in [1.165, 1.54) is 6.39 Å². The molecule has 4 heteroatoms. The van der Waals surface area contributed by atoms with Gasteiger partial charge in [0.2, 0.25) is 12.3 Å². The molecular weight excluding hydrogens is 130 g/mol. The largest absolute Gasteiger partial charge is 0.428 e. The highest BCUT2D eigenvalue weighted by molar-refractivity contribution is 4.93. The van der Waals surface area contributed by atoms with E-state index in [9.17, 15) is 0 Å². The molecule has 0 bridgehead atoms. The SMILES string of the molecule is c1nnc([C@H]2CCNC2)o1. The molecule has 1 aliphatic heterocycles. The Kier molecular flexibility index (Phi) is 1.39. The fourth-order valence-corrected chi connectivity index (χ4v) is 1.22. The summed E-state index contributed by atoms with van der Waals surface area (Å²) in [6.07, 6.45) is 2.50. The van der Waals surface area contributed by atoms with Gasteiger partial charge in [0.15, 0.2) is 0 Å². The summed E-state index contributed by atoms with van der Waals surface area (Å²) in [6.45, 7) is 2.04. The van der Waals surface area contributed by atoms with Gasteiger partial charge >= 0.3 is 0 Å². The van der Waals surface area contributed by atoms with Gasteiger partial charge < -0.3 is 9.73 Å². The first kappa shape index (κ1) is 5.85. The van der Waals surface area contributed by atoms with Crippen molar-refractivity contribution in [2.24, 2.45) is 0 Å². The Morgan fingerprint density at radius 1 is 1.70 bits per heavy atom. The second-order valence-corrected chi connectivity index (χ2v) is 2.47. The van der Waals surface area contributed by atoms with Crippen LogP contribution in [0.4, 0.5) is 0 Å². The molecule has 1 aliphatic rings. The van der Waals surface area contributed by atoms with Gasteiger partial charge in [0.1, 0.15) is 0 Å². The molecule has 0 radical (unpaired) electrons. The van der Waals surface area contributed by atoms with E-state index < -0.39 is 0 Å². The lowest BCUT2D eigenvalue weighted by atomic mass is 10.1. The fraction of sp³-hybridized carbons (Fsp3) is 0.667. The van der Waals surface area contributed by atoms with E-state index in [1.807, 2.05) is 0 Å². The normalized spacial score (nSPS) is 25.4. The third-order valence-electron chi connectivity index (χ3n) is 1.79. The lowest BCUT2D eigenvalue weighted by Gasteiger charge is -1.98. The van der Waals surface area contributed by atoms with Gasteiger partial charge in [-0.2, -0.15) is 0 Å². The van der Waals surface area contributed by atoms with E-state index in [0.29, 0.717) is 5.92 Å². The first-order valence-corrected chi connectivity index (χ1v) is 3.43. The van der Waals surface area contributed by atoms with Crippen LogP contribution in [-0.4, -0.2) is 23.3 Å². The summed E-state index contributed by atoms with van der Waals surface area (Å²) in [5, 5.41) is 10.7. The molecule has 0 aromatic carbocycles. The van der Waals surface area contributed by atoms with Crippen LogP contribution in [0.5, 0.6) is 0 Å². The Morgan fingerprint density at radius 2 is 2.70 bits per heavy atom. The average Bonchev–Trinajstić information content (AvgIpc) is 2.59. The van der Waals surface area contributed by atoms with Gasteiger partial charge in [-0.15, -0.1) is 10.2 Å². The van der Waals surface area contributed by atoms with Gasteiger partial charge in [0, 0.05) is 6.54 Å². The van der Waals surface area contributed by atoms with Crippen molar-refractivity contribution >= 4 is 0 Å². The molecule has 1 saturated heterocycles. The van der Waals surface area contributed by atoms with Crippen LogP contribution in [-0.2, 0) is 0 Å². The van der Waals surface area contributed by atoms with Gasteiger partial charge in [-0.3, -0.25) is 0 Å². The van der Waals surface area contributed by atoms with Crippen molar-refractivity contribution in [3.8, 4) is 0 Å². The molecule has 10 heavy (non-hydrogen) atoms. The van der Waals surface area contributed by atoms with Crippen molar-refractivity contribution in [1.82, 2.24) is 15.5 Å². The molecule has 1 atom stereocenters. The molecule has 0 saturated carbocycles. The number of hydrogen-bond acceptors (Lipinski definition) is 4.